The Kier molecular flexibility index (Phi) is 5.16. The number of amides is 1. The highest BCUT2D eigenvalue weighted by atomic mass is 79.9. The van der Waals surface area contributed by atoms with E-state index in [9.17, 15) is 9.18 Å². The number of carbonyl (C=O) groups excluding carboxylic acids is 1. The number of likely N-dealkylation sites (N-methyl/N-ethyl adjacent to an activating group) is 1. The molecule has 0 N–H and O–H groups in total. The van der Waals surface area contributed by atoms with E-state index in [-0.39, 0.29) is 24.7 Å². The first-order chi connectivity index (χ1) is 10.5. The van der Waals surface area contributed by atoms with Gasteiger partial charge in [0, 0.05) is 23.6 Å². The molecule has 0 fully saturated rings. The third kappa shape index (κ3) is 3.85. The summed E-state index contributed by atoms with van der Waals surface area (Å²) in [4.78, 5) is 14.5. The van der Waals surface area contributed by atoms with Gasteiger partial charge in [0.2, 0.25) is 11.7 Å². The van der Waals surface area contributed by atoms with Gasteiger partial charge in [0.25, 0.3) is 0 Å². The molecule has 0 radical (unpaired) electrons. The Morgan fingerprint density at radius 3 is 3.05 bits per heavy atom. The van der Waals surface area contributed by atoms with E-state index in [0.717, 1.165) is 4.80 Å². The molecule has 0 saturated heterocycles. The highest BCUT2D eigenvalue weighted by Gasteiger charge is 2.14. The van der Waals surface area contributed by atoms with Crippen molar-refractivity contribution < 1.29 is 9.18 Å². The number of carbonyl (C=O) groups is 1. The molecule has 1 aromatic heterocycles. The van der Waals surface area contributed by atoms with Crippen LogP contribution < -0.4 is 0 Å². The quantitative estimate of drug-likeness (QED) is 0.801. The summed E-state index contributed by atoms with van der Waals surface area (Å²) in [7, 11) is 1.60. The minimum Gasteiger partial charge on any atom is -0.343 e. The molecule has 0 bridgehead atoms. The van der Waals surface area contributed by atoms with Gasteiger partial charge in [0.1, 0.15) is 12.4 Å². The second kappa shape index (κ2) is 7.09. The van der Waals surface area contributed by atoms with Crippen LogP contribution in [0.3, 0.4) is 0 Å². The Morgan fingerprint density at radius 2 is 2.32 bits per heavy atom. The van der Waals surface area contributed by atoms with Gasteiger partial charge < -0.3 is 4.90 Å². The zero-order valence-electron chi connectivity index (χ0n) is 11.7. The van der Waals surface area contributed by atoms with E-state index >= 15 is 0 Å². The maximum absolute atomic E-state index is 13.3. The molecule has 0 unspecified atom stereocenters. The zero-order chi connectivity index (χ0) is 16.1. The maximum atomic E-state index is 13.3. The molecular formula is C13H12BrFN6O. The highest BCUT2D eigenvalue weighted by molar-refractivity contribution is 9.10. The van der Waals surface area contributed by atoms with Gasteiger partial charge in [-0.05, 0) is 23.4 Å². The van der Waals surface area contributed by atoms with Crippen LogP contribution in [0.5, 0.6) is 0 Å². The van der Waals surface area contributed by atoms with E-state index in [2.05, 4.69) is 31.3 Å². The predicted octanol–water partition coefficient (Wildman–Crippen LogP) is 1.61. The maximum Gasteiger partial charge on any atom is 0.246 e. The van der Waals surface area contributed by atoms with Gasteiger partial charge in [0.05, 0.1) is 12.5 Å². The minimum absolute atomic E-state index is 0.0954. The van der Waals surface area contributed by atoms with Crippen LogP contribution in [0.4, 0.5) is 4.39 Å². The van der Waals surface area contributed by atoms with Crippen LogP contribution in [-0.4, -0.2) is 44.6 Å². The molecule has 22 heavy (non-hydrogen) atoms. The number of benzene rings is 1. The molecule has 7 nitrogen and oxygen atoms in total. The van der Waals surface area contributed by atoms with Crippen molar-refractivity contribution in [3.05, 3.63) is 28.5 Å². The van der Waals surface area contributed by atoms with Crippen molar-refractivity contribution in [2.75, 3.05) is 13.6 Å². The predicted molar refractivity (Wildman–Crippen MR) is 78.8 cm³/mol. The van der Waals surface area contributed by atoms with E-state index in [1.165, 1.54) is 17.0 Å². The summed E-state index contributed by atoms with van der Waals surface area (Å²) >= 11 is 3.29. The second-order valence-corrected chi connectivity index (χ2v) is 5.35. The molecule has 0 saturated carbocycles. The van der Waals surface area contributed by atoms with E-state index in [4.69, 9.17) is 5.26 Å². The average molecular weight is 367 g/mol. The largest absolute Gasteiger partial charge is 0.343 e. The summed E-state index contributed by atoms with van der Waals surface area (Å²) in [5, 5.41) is 20.2. The van der Waals surface area contributed by atoms with E-state index in [1.54, 1.807) is 13.1 Å². The molecule has 0 spiro atoms. The van der Waals surface area contributed by atoms with E-state index in [1.807, 2.05) is 6.07 Å². The van der Waals surface area contributed by atoms with Crippen molar-refractivity contribution in [2.24, 2.45) is 0 Å². The first-order valence-electron chi connectivity index (χ1n) is 6.35. The smallest absolute Gasteiger partial charge is 0.246 e. The topological polar surface area (TPSA) is 87.7 Å². The Balaban J connectivity index is 2.10. The van der Waals surface area contributed by atoms with Crippen molar-refractivity contribution in [1.29, 1.82) is 5.26 Å². The van der Waals surface area contributed by atoms with Crippen molar-refractivity contribution in [3.8, 4) is 17.5 Å². The van der Waals surface area contributed by atoms with Crippen molar-refractivity contribution in [3.63, 3.8) is 0 Å². The SMILES string of the molecule is CN(CCC#N)C(=O)Cn1nnc(-c2cc(F)ccc2Br)n1. The van der Waals surface area contributed by atoms with Crippen molar-refractivity contribution in [1.82, 2.24) is 25.1 Å². The molecule has 1 amide bonds. The number of hydrogen-bond donors (Lipinski definition) is 0. The molecule has 0 aliphatic carbocycles. The van der Waals surface area contributed by atoms with Crippen molar-refractivity contribution >= 4 is 21.8 Å². The van der Waals surface area contributed by atoms with Crippen LogP contribution in [0.15, 0.2) is 22.7 Å². The second-order valence-electron chi connectivity index (χ2n) is 4.49. The first kappa shape index (κ1) is 16.0. The Bertz CT molecular complexity index is 726. The van der Waals surface area contributed by atoms with Gasteiger partial charge >= 0.3 is 0 Å². The molecule has 114 valence electrons. The Labute approximate surface area is 134 Å². The number of rotatable bonds is 5. The normalized spacial score (nSPS) is 10.3. The van der Waals surface area contributed by atoms with Crippen molar-refractivity contribution in [2.45, 2.75) is 13.0 Å². The van der Waals surface area contributed by atoms with Crippen LogP contribution in [-0.2, 0) is 11.3 Å². The summed E-state index contributed by atoms with van der Waals surface area (Å²) in [5.41, 5.74) is 0.455. The van der Waals surface area contributed by atoms with Gasteiger partial charge in [-0.25, -0.2) is 4.39 Å². The van der Waals surface area contributed by atoms with Gasteiger partial charge in [-0.2, -0.15) is 10.1 Å². The van der Waals surface area contributed by atoms with Crippen LogP contribution >= 0.6 is 15.9 Å². The molecule has 0 atom stereocenters. The molecule has 1 aromatic carbocycles. The van der Waals surface area contributed by atoms with Gasteiger partial charge in [-0.15, -0.1) is 10.2 Å². The lowest BCUT2D eigenvalue weighted by Crippen LogP contribution is -2.31. The highest BCUT2D eigenvalue weighted by Crippen LogP contribution is 2.25. The van der Waals surface area contributed by atoms with Gasteiger partial charge in [-0.1, -0.05) is 15.9 Å². The van der Waals surface area contributed by atoms with Crippen LogP contribution in [0.25, 0.3) is 11.4 Å². The fraction of sp³-hybridized carbons (Fsp3) is 0.308. The summed E-state index contributed by atoms with van der Waals surface area (Å²) in [6.45, 7) is 0.244. The molecule has 2 rings (SSSR count). The Morgan fingerprint density at radius 1 is 1.55 bits per heavy atom. The Hall–Kier alpha value is -2.34. The standard InChI is InChI=1S/C13H12BrFN6O/c1-20(6-2-5-16)12(22)8-21-18-13(17-19-21)10-7-9(15)3-4-11(10)14/h3-4,7H,2,6,8H2,1H3. The number of nitriles is 1. The molecule has 0 aliphatic heterocycles. The lowest BCUT2D eigenvalue weighted by molar-refractivity contribution is -0.130. The van der Waals surface area contributed by atoms with E-state index in [0.29, 0.717) is 16.6 Å². The van der Waals surface area contributed by atoms with Gasteiger partial charge in [-0.3, -0.25) is 4.79 Å². The molecule has 9 heteroatoms. The number of halogens is 2. The summed E-state index contributed by atoms with van der Waals surface area (Å²) < 4.78 is 13.9. The summed E-state index contributed by atoms with van der Waals surface area (Å²) in [5.74, 6) is -0.432. The summed E-state index contributed by atoms with van der Waals surface area (Å²) in [6, 6.07) is 6.11. The molecule has 1 heterocycles. The lowest BCUT2D eigenvalue weighted by Gasteiger charge is -2.14. The van der Waals surface area contributed by atoms with Crippen LogP contribution in [0, 0.1) is 17.1 Å². The van der Waals surface area contributed by atoms with Crippen LogP contribution in [0.1, 0.15) is 6.42 Å². The third-order valence-electron chi connectivity index (χ3n) is 2.88. The monoisotopic (exact) mass is 366 g/mol. The molecule has 0 aliphatic rings. The molecule has 2 aromatic rings. The number of hydrogen-bond acceptors (Lipinski definition) is 5. The number of tetrazole rings is 1. The lowest BCUT2D eigenvalue weighted by atomic mass is 10.2. The van der Waals surface area contributed by atoms with Gasteiger partial charge in [0.15, 0.2) is 0 Å². The number of nitrogens with zero attached hydrogens (tertiary/aromatic N) is 6. The summed E-state index contributed by atoms with van der Waals surface area (Å²) in [6.07, 6.45) is 0.258. The number of aromatic nitrogens is 4. The van der Waals surface area contributed by atoms with E-state index < -0.39 is 5.82 Å². The average Bonchev–Trinajstić information content (AvgIpc) is 2.95. The minimum atomic E-state index is -0.415. The first-order valence-corrected chi connectivity index (χ1v) is 7.14. The molecular weight excluding hydrogens is 355 g/mol. The zero-order valence-corrected chi connectivity index (χ0v) is 13.3. The fourth-order valence-corrected chi connectivity index (χ4v) is 2.09. The van der Waals surface area contributed by atoms with Crippen LogP contribution in [0.2, 0.25) is 0 Å². The fourth-order valence-electron chi connectivity index (χ4n) is 1.67. The third-order valence-corrected chi connectivity index (χ3v) is 3.58.